The molecular formula is C11H7Cl2FN2O2. The van der Waals surface area contributed by atoms with E-state index >= 15 is 0 Å². The minimum absolute atomic E-state index is 0.0228. The summed E-state index contributed by atoms with van der Waals surface area (Å²) in [5, 5.41) is 0.273. The van der Waals surface area contributed by atoms with Gasteiger partial charge in [0, 0.05) is 11.1 Å². The number of benzene rings is 1. The minimum atomic E-state index is -0.673. The third-order valence-electron chi connectivity index (χ3n) is 2.32. The van der Waals surface area contributed by atoms with Crippen LogP contribution in [0.25, 0.3) is 0 Å². The highest BCUT2D eigenvalue weighted by Gasteiger charge is 2.08. The number of rotatable bonds is 2. The maximum Gasteiger partial charge on any atom is 0.329 e. The molecule has 0 unspecified atom stereocenters. The number of halogens is 3. The molecule has 0 fully saturated rings. The fourth-order valence-corrected chi connectivity index (χ4v) is 1.89. The van der Waals surface area contributed by atoms with E-state index in [9.17, 15) is 14.0 Å². The molecule has 18 heavy (non-hydrogen) atoms. The van der Waals surface area contributed by atoms with Crippen molar-refractivity contribution < 1.29 is 4.39 Å². The Morgan fingerprint density at radius 1 is 1.22 bits per heavy atom. The van der Waals surface area contributed by atoms with Crippen LogP contribution >= 0.6 is 23.2 Å². The first-order valence-corrected chi connectivity index (χ1v) is 5.66. The van der Waals surface area contributed by atoms with Gasteiger partial charge < -0.3 is 0 Å². The zero-order valence-electron chi connectivity index (χ0n) is 8.91. The lowest BCUT2D eigenvalue weighted by atomic mass is 10.2. The van der Waals surface area contributed by atoms with E-state index in [1.807, 2.05) is 0 Å². The summed E-state index contributed by atoms with van der Waals surface area (Å²) < 4.78 is 14.2. The van der Waals surface area contributed by atoms with Gasteiger partial charge >= 0.3 is 5.69 Å². The average molecular weight is 289 g/mol. The molecule has 1 aromatic heterocycles. The Morgan fingerprint density at radius 3 is 2.61 bits per heavy atom. The molecule has 0 atom stereocenters. The summed E-state index contributed by atoms with van der Waals surface area (Å²) in [6, 6.07) is 4.87. The second kappa shape index (κ2) is 4.96. The van der Waals surface area contributed by atoms with Crippen molar-refractivity contribution >= 4 is 23.2 Å². The molecule has 0 saturated carbocycles. The van der Waals surface area contributed by atoms with Crippen LogP contribution < -0.4 is 11.2 Å². The number of hydrogen-bond donors (Lipinski definition) is 1. The summed E-state index contributed by atoms with van der Waals surface area (Å²) in [7, 11) is 0. The second-order valence-electron chi connectivity index (χ2n) is 3.58. The van der Waals surface area contributed by atoms with Crippen LogP contribution in [-0.2, 0) is 6.54 Å². The Hall–Kier alpha value is -1.59. The maximum absolute atomic E-state index is 13.1. The predicted molar refractivity (Wildman–Crippen MR) is 66.8 cm³/mol. The van der Waals surface area contributed by atoms with Crippen molar-refractivity contribution in [3.63, 3.8) is 0 Å². The van der Waals surface area contributed by atoms with E-state index in [4.69, 9.17) is 23.2 Å². The summed E-state index contributed by atoms with van der Waals surface area (Å²) in [5.41, 5.74) is -0.868. The quantitative estimate of drug-likeness (QED) is 0.860. The lowest BCUT2D eigenvalue weighted by molar-refractivity contribution is 0.622. The highest BCUT2D eigenvalue weighted by molar-refractivity contribution is 6.31. The molecule has 4 nitrogen and oxygen atoms in total. The highest BCUT2D eigenvalue weighted by Crippen LogP contribution is 2.18. The molecule has 0 aliphatic carbocycles. The smallest absolute Gasteiger partial charge is 0.279 e. The molecule has 7 heteroatoms. The Kier molecular flexibility index (Phi) is 3.54. The fourth-order valence-electron chi connectivity index (χ4n) is 1.47. The van der Waals surface area contributed by atoms with Gasteiger partial charge in [0.2, 0.25) is 0 Å². The molecule has 1 aromatic carbocycles. The van der Waals surface area contributed by atoms with Gasteiger partial charge in [-0.1, -0.05) is 23.2 Å². The Balaban J connectivity index is 2.49. The van der Waals surface area contributed by atoms with Crippen LogP contribution in [0.3, 0.4) is 0 Å². The highest BCUT2D eigenvalue weighted by atomic mass is 35.5. The Morgan fingerprint density at radius 2 is 1.94 bits per heavy atom. The summed E-state index contributed by atoms with van der Waals surface area (Å²) in [6.07, 6.45) is 0. The predicted octanol–water partition coefficient (Wildman–Crippen LogP) is 2.03. The van der Waals surface area contributed by atoms with E-state index in [-0.39, 0.29) is 11.7 Å². The molecule has 0 bridgehead atoms. The van der Waals surface area contributed by atoms with Crippen LogP contribution in [0.15, 0.2) is 33.9 Å². The molecule has 0 spiro atoms. The van der Waals surface area contributed by atoms with Crippen molar-refractivity contribution in [2.45, 2.75) is 6.54 Å². The van der Waals surface area contributed by atoms with Gasteiger partial charge in [0.05, 0.1) is 6.54 Å². The van der Waals surface area contributed by atoms with E-state index in [2.05, 4.69) is 4.98 Å². The van der Waals surface area contributed by atoms with E-state index in [0.717, 1.165) is 10.6 Å². The fraction of sp³-hybridized carbons (Fsp3) is 0.0909. The van der Waals surface area contributed by atoms with Gasteiger partial charge in [-0.05, 0) is 23.8 Å². The van der Waals surface area contributed by atoms with Crippen molar-refractivity contribution in [1.29, 1.82) is 0 Å². The Labute approximate surface area is 111 Å². The molecule has 0 saturated heterocycles. The van der Waals surface area contributed by atoms with Crippen molar-refractivity contribution in [3.8, 4) is 0 Å². The number of aromatic nitrogens is 2. The van der Waals surface area contributed by atoms with Crippen LogP contribution in [0, 0.1) is 5.82 Å². The van der Waals surface area contributed by atoms with E-state index in [1.54, 1.807) is 0 Å². The number of nitrogens with one attached hydrogen (secondary N) is 1. The van der Waals surface area contributed by atoms with Gasteiger partial charge in [-0.3, -0.25) is 14.3 Å². The largest absolute Gasteiger partial charge is 0.329 e. The summed E-state index contributed by atoms with van der Waals surface area (Å²) in [4.78, 5) is 24.6. The first-order chi connectivity index (χ1) is 8.47. The van der Waals surface area contributed by atoms with Gasteiger partial charge in [0.15, 0.2) is 0 Å². The van der Waals surface area contributed by atoms with Gasteiger partial charge in [-0.15, -0.1) is 0 Å². The number of nitrogens with zero attached hydrogens (tertiary/aromatic N) is 1. The van der Waals surface area contributed by atoms with Crippen LogP contribution in [0.4, 0.5) is 4.39 Å². The lowest BCUT2D eigenvalue weighted by Crippen LogP contribution is -2.30. The minimum Gasteiger partial charge on any atom is -0.279 e. The second-order valence-corrected chi connectivity index (χ2v) is 4.38. The van der Waals surface area contributed by atoms with Crippen LogP contribution in [0.2, 0.25) is 10.2 Å². The maximum atomic E-state index is 13.1. The van der Waals surface area contributed by atoms with Crippen molar-refractivity contribution in [2.24, 2.45) is 0 Å². The van der Waals surface area contributed by atoms with Gasteiger partial charge in [-0.25, -0.2) is 9.18 Å². The van der Waals surface area contributed by atoms with Crippen molar-refractivity contribution in [2.75, 3.05) is 0 Å². The summed E-state index contributed by atoms with van der Waals surface area (Å²) in [6.45, 7) is -0.0228. The third-order valence-corrected chi connectivity index (χ3v) is 3.00. The third kappa shape index (κ3) is 2.63. The van der Waals surface area contributed by atoms with Gasteiger partial charge in [-0.2, -0.15) is 0 Å². The van der Waals surface area contributed by atoms with E-state index in [0.29, 0.717) is 10.6 Å². The standard InChI is InChI=1S/C11H7Cl2FN2O2/c12-8-2-1-7(14)3-6(8)5-16-9(13)4-10(17)15-11(16)18/h1-4H,5H2,(H,15,17,18). The molecule has 0 aliphatic rings. The van der Waals surface area contributed by atoms with Crippen molar-refractivity contribution in [3.05, 3.63) is 66.7 Å². The summed E-state index contributed by atoms with van der Waals surface area (Å²) >= 11 is 11.7. The molecule has 0 aliphatic heterocycles. The van der Waals surface area contributed by atoms with E-state index in [1.165, 1.54) is 18.2 Å². The van der Waals surface area contributed by atoms with Crippen molar-refractivity contribution in [1.82, 2.24) is 9.55 Å². The SMILES string of the molecule is O=c1cc(Cl)n(Cc2cc(F)ccc2Cl)c(=O)[nH]1. The zero-order valence-corrected chi connectivity index (χ0v) is 10.4. The first-order valence-electron chi connectivity index (χ1n) is 4.91. The van der Waals surface area contributed by atoms with Crippen LogP contribution in [0.5, 0.6) is 0 Å². The number of H-pyrrole nitrogens is 1. The molecule has 1 N–H and O–H groups in total. The number of hydrogen-bond acceptors (Lipinski definition) is 2. The van der Waals surface area contributed by atoms with Gasteiger partial charge in [0.25, 0.3) is 5.56 Å². The molecule has 0 amide bonds. The zero-order chi connectivity index (χ0) is 13.3. The molecule has 2 rings (SSSR count). The molecule has 0 radical (unpaired) electrons. The molecule has 94 valence electrons. The summed E-state index contributed by atoms with van der Waals surface area (Å²) in [5.74, 6) is -0.469. The number of aromatic amines is 1. The van der Waals surface area contributed by atoms with Crippen LogP contribution in [0.1, 0.15) is 5.56 Å². The van der Waals surface area contributed by atoms with Gasteiger partial charge in [0.1, 0.15) is 11.0 Å². The molecule has 2 aromatic rings. The Bertz CT molecular complexity index is 709. The lowest BCUT2D eigenvalue weighted by Gasteiger charge is -2.08. The molecular weight excluding hydrogens is 282 g/mol. The van der Waals surface area contributed by atoms with E-state index < -0.39 is 17.1 Å². The van der Waals surface area contributed by atoms with Crippen LogP contribution in [-0.4, -0.2) is 9.55 Å². The normalized spacial score (nSPS) is 10.6. The monoisotopic (exact) mass is 288 g/mol. The topological polar surface area (TPSA) is 54.9 Å². The average Bonchev–Trinajstić information content (AvgIpc) is 2.28. The first kappa shape index (κ1) is 12.9. The molecule has 1 heterocycles.